The second-order valence-corrected chi connectivity index (χ2v) is 6.48. The molecule has 0 aromatic heterocycles. The molecule has 7 heteroatoms. The third-order valence-corrected chi connectivity index (χ3v) is 4.69. The number of hydrogen-bond acceptors (Lipinski definition) is 5. The number of carboxylic acid groups (broad SMARTS) is 1. The monoisotopic (exact) mass is 315 g/mol. The van der Waals surface area contributed by atoms with E-state index in [2.05, 4.69) is 0 Å². The van der Waals surface area contributed by atoms with Crippen molar-refractivity contribution < 1.29 is 19.4 Å². The van der Waals surface area contributed by atoms with Crippen LogP contribution in [0.2, 0.25) is 0 Å². The first kappa shape index (κ1) is 15.5. The molecule has 1 N–H and O–H groups in total. The Labute approximate surface area is 127 Å². The molecule has 0 unspecified atom stereocenters. The van der Waals surface area contributed by atoms with Gasteiger partial charge in [0.1, 0.15) is 4.32 Å². The van der Waals surface area contributed by atoms with Crippen molar-refractivity contribution in [2.24, 2.45) is 5.92 Å². The van der Waals surface area contributed by atoms with E-state index in [1.54, 1.807) is 0 Å². The zero-order chi connectivity index (χ0) is 14.5. The first-order valence-corrected chi connectivity index (χ1v) is 7.85. The summed E-state index contributed by atoms with van der Waals surface area (Å²) in [5, 5.41) is 8.62. The van der Waals surface area contributed by atoms with Crippen LogP contribution in [0.15, 0.2) is 11.0 Å². The predicted molar refractivity (Wildman–Crippen MR) is 80.4 cm³/mol. The first-order valence-electron chi connectivity index (χ1n) is 6.63. The highest BCUT2D eigenvalue weighted by Crippen LogP contribution is 2.33. The molecule has 0 radical (unpaired) electrons. The maximum absolute atomic E-state index is 12.2. The smallest absolute Gasteiger partial charge is 0.303 e. The molecule has 0 bridgehead atoms. The Balaban J connectivity index is 1.93. The Hall–Kier alpha value is -0.920. The van der Waals surface area contributed by atoms with Crippen LogP contribution >= 0.6 is 24.0 Å². The number of thioether (sulfide) groups is 1. The van der Waals surface area contributed by atoms with Gasteiger partial charge in [0.15, 0.2) is 0 Å². The lowest BCUT2D eigenvalue weighted by Gasteiger charge is -2.19. The fraction of sp³-hybridized carbons (Fsp3) is 0.615. The van der Waals surface area contributed by atoms with Crippen LogP contribution in [0.1, 0.15) is 25.7 Å². The predicted octanol–water partition coefficient (Wildman–Crippen LogP) is 2.02. The van der Waals surface area contributed by atoms with E-state index < -0.39 is 5.97 Å². The number of carbonyl (C=O) groups excluding carboxylic acids is 1. The molecule has 0 atom stereocenters. The Bertz CT molecular complexity index is 444. The molecule has 1 amide bonds. The lowest BCUT2D eigenvalue weighted by molar-refractivity contribution is -0.137. The molecule has 2 aliphatic rings. The van der Waals surface area contributed by atoms with Gasteiger partial charge in [-0.3, -0.25) is 14.5 Å². The van der Waals surface area contributed by atoms with Gasteiger partial charge in [-0.05, 0) is 25.2 Å². The minimum Gasteiger partial charge on any atom is -0.481 e. The van der Waals surface area contributed by atoms with Crippen LogP contribution < -0.4 is 0 Å². The van der Waals surface area contributed by atoms with Gasteiger partial charge in [-0.25, -0.2) is 0 Å². The maximum Gasteiger partial charge on any atom is 0.303 e. The fourth-order valence-corrected chi connectivity index (χ4v) is 3.57. The molecule has 0 spiro atoms. The first-order chi connectivity index (χ1) is 9.58. The van der Waals surface area contributed by atoms with Crippen molar-refractivity contribution in [3.8, 4) is 0 Å². The van der Waals surface area contributed by atoms with Crippen molar-refractivity contribution in [1.29, 1.82) is 0 Å². The van der Waals surface area contributed by atoms with Gasteiger partial charge >= 0.3 is 5.97 Å². The lowest BCUT2D eigenvalue weighted by atomic mass is 10.00. The summed E-state index contributed by atoms with van der Waals surface area (Å²) in [6.45, 7) is 1.85. The van der Waals surface area contributed by atoms with Crippen molar-refractivity contribution in [3.63, 3.8) is 0 Å². The van der Waals surface area contributed by atoms with Crippen LogP contribution in [0.5, 0.6) is 0 Å². The molecule has 0 aromatic rings. The van der Waals surface area contributed by atoms with E-state index in [0.717, 1.165) is 26.1 Å². The SMILES string of the molecule is O=C(O)CCCN1C(=O)/C(=C/C2CCOCC2)SC1=S. The van der Waals surface area contributed by atoms with E-state index in [-0.39, 0.29) is 12.3 Å². The number of allylic oxidation sites excluding steroid dienone is 1. The fourth-order valence-electron chi connectivity index (χ4n) is 2.19. The van der Waals surface area contributed by atoms with Crippen molar-refractivity contribution >= 4 is 40.2 Å². The van der Waals surface area contributed by atoms with Crippen LogP contribution in [0, 0.1) is 5.92 Å². The molecule has 2 heterocycles. The number of carboxylic acids is 1. The molecule has 20 heavy (non-hydrogen) atoms. The van der Waals surface area contributed by atoms with E-state index in [9.17, 15) is 9.59 Å². The molecule has 2 saturated heterocycles. The highest BCUT2D eigenvalue weighted by atomic mass is 32.2. The Morgan fingerprint density at radius 1 is 1.50 bits per heavy atom. The highest BCUT2D eigenvalue weighted by Gasteiger charge is 2.32. The van der Waals surface area contributed by atoms with Gasteiger partial charge < -0.3 is 9.84 Å². The molecular formula is C13H17NO4S2. The number of nitrogens with zero attached hydrogens (tertiary/aromatic N) is 1. The zero-order valence-corrected chi connectivity index (χ0v) is 12.7. The van der Waals surface area contributed by atoms with Gasteiger partial charge in [-0.15, -0.1) is 0 Å². The van der Waals surface area contributed by atoms with Gasteiger partial charge in [0.2, 0.25) is 0 Å². The Morgan fingerprint density at radius 3 is 2.85 bits per heavy atom. The normalized spacial score (nSPS) is 22.8. The van der Waals surface area contributed by atoms with Crippen LogP contribution in [0.25, 0.3) is 0 Å². The van der Waals surface area contributed by atoms with Crippen molar-refractivity contribution in [2.45, 2.75) is 25.7 Å². The van der Waals surface area contributed by atoms with Gasteiger partial charge in [-0.2, -0.15) is 0 Å². The number of amides is 1. The second kappa shape index (κ2) is 7.19. The van der Waals surface area contributed by atoms with Crippen molar-refractivity contribution in [3.05, 3.63) is 11.0 Å². The number of rotatable bonds is 5. The Kier molecular flexibility index (Phi) is 5.56. The second-order valence-electron chi connectivity index (χ2n) is 4.80. The average molecular weight is 315 g/mol. The molecule has 2 rings (SSSR count). The summed E-state index contributed by atoms with van der Waals surface area (Å²) < 4.78 is 5.82. The number of aliphatic carboxylic acids is 1. The summed E-state index contributed by atoms with van der Waals surface area (Å²) in [6, 6.07) is 0. The molecule has 2 fully saturated rings. The molecule has 2 aliphatic heterocycles. The third-order valence-electron chi connectivity index (χ3n) is 3.30. The standard InChI is InChI=1S/C13H17NO4S2/c15-11(16)2-1-5-14-12(17)10(20-13(14)19)8-9-3-6-18-7-4-9/h8-9H,1-7H2,(H,15,16)/b10-8-. The van der Waals surface area contributed by atoms with E-state index in [0.29, 0.717) is 28.1 Å². The topological polar surface area (TPSA) is 66.8 Å². The molecule has 110 valence electrons. The van der Waals surface area contributed by atoms with Crippen molar-refractivity contribution in [1.82, 2.24) is 4.90 Å². The summed E-state index contributed by atoms with van der Waals surface area (Å²) >= 11 is 6.51. The van der Waals surface area contributed by atoms with E-state index >= 15 is 0 Å². The van der Waals surface area contributed by atoms with Crippen LogP contribution in [0.4, 0.5) is 0 Å². The lowest BCUT2D eigenvalue weighted by Crippen LogP contribution is -2.29. The van der Waals surface area contributed by atoms with E-state index in [1.807, 2.05) is 6.08 Å². The van der Waals surface area contributed by atoms with Gasteiger partial charge in [0, 0.05) is 26.2 Å². The van der Waals surface area contributed by atoms with Gasteiger partial charge in [-0.1, -0.05) is 30.1 Å². The third kappa shape index (κ3) is 4.04. The molecule has 0 aromatic carbocycles. The summed E-state index contributed by atoms with van der Waals surface area (Å²) in [4.78, 5) is 24.9. The zero-order valence-electron chi connectivity index (χ0n) is 11.0. The minimum absolute atomic E-state index is 0.0517. The maximum atomic E-state index is 12.2. The van der Waals surface area contributed by atoms with Crippen LogP contribution in [-0.4, -0.2) is 46.0 Å². The van der Waals surface area contributed by atoms with E-state index in [1.165, 1.54) is 16.7 Å². The Morgan fingerprint density at radius 2 is 2.20 bits per heavy atom. The highest BCUT2D eigenvalue weighted by molar-refractivity contribution is 8.26. The van der Waals surface area contributed by atoms with Gasteiger partial charge in [0.05, 0.1) is 4.91 Å². The quantitative estimate of drug-likeness (QED) is 0.618. The van der Waals surface area contributed by atoms with Crippen LogP contribution in [0.3, 0.4) is 0 Å². The summed E-state index contributed by atoms with van der Waals surface area (Å²) in [6.07, 6.45) is 4.34. The number of ether oxygens (including phenoxy) is 1. The summed E-state index contributed by atoms with van der Waals surface area (Å²) in [5.41, 5.74) is 0. The molecule has 5 nitrogen and oxygen atoms in total. The van der Waals surface area contributed by atoms with Crippen LogP contribution in [-0.2, 0) is 14.3 Å². The average Bonchev–Trinajstić information content (AvgIpc) is 2.67. The summed E-state index contributed by atoms with van der Waals surface area (Å²) in [5.74, 6) is -0.568. The van der Waals surface area contributed by atoms with E-state index in [4.69, 9.17) is 22.1 Å². The molecule has 0 saturated carbocycles. The molecular weight excluding hydrogens is 298 g/mol. The summed E-state index contributed by atoms with van der Waals surface area (Å²) in [7, 11) is 0. The van der Waals surface area contributed by atoms with Gasteiger partial charge in [0.25, 0.3) is 5.91 Å². The number of carbonyl (C=O) groups is 2. The number of thiocarbonyl (C=S) groups is 1. The number of hydrogen-bond donors (Lipinski definition) is 1. The minimum atomic E-state index is -0.854. The molecule has 0 aliphatic carbocycles. The van der Waals surface area contributed by atoms with Crippen molar-refractivity contribution in [2.75, 3.05) is 19.8 Å². The largest absolute Gasteiger partial charge is 0.481 e.